The van der Waals surface area contributed by atoms with E-state index in [9.17, 15) is 9.59 Å². The molecule has 4 rings (SSSR count). The van der Waals surface area contributed by atoms with Crippen molar-refractivity contribution >= 4 is 23.3 Å². The predicted octanol–water partition coefficient (Wildman–Crippen LogP) is 3.52. The molecule has 0 saturated carbocycles. The highest BCUT2D eigenvalue weighted by molar-refractivity contribution is 6.02. The Morgan fingerprint density at radius 1 is 1.00 bits per heavy atom. The van der Waals surface area contributed by atoms with Gasteiger partial charge < -0.3 is 25.6 Å². The van der Waals surface area contributed by atoms with Crippen LogP contribution in [-0.2, 0) is 11.3 Å². The molecule has 0 radical (unpaired) electrons. The van der Waals surface area contributed by atoms with Crippen LogP contribution in [0.3, 0.4) is 0 Å². The van der Waals surface area contributed by atoms with Crippen molar-refractivity contribution in [2.75, 3.05) is 36.5 Å². The van der Waals surface area contributed by atoms with Crippen LogP contribution in [0.25, 0.3) is 0 Å². The first-order valence-corrected chi connectivity index (χ1v) is 11.1. The van der Waals surface area contributed by atoms with Crippen molar-refractivity contribution in [2.24, 2.45) is 0 Å². The molecule has 2 aliphatic heterocycles. The molecule has 0 spiro atoms. The van der Waals surface area contributed by atoms with Crippen molar-refractivity contribution in [3.05, 3.63) is 59.7 Å². The maximum Gasteiger partial charge on any atom is 0.319 e. The van der Waals surface area contributed by atoms with E-state index >= 15 is 0 Å². The SMILES string of the molecule is O=C(NCc1ccccc1)Nc1ccc(N2CCCC2)c(C(=O)NC[C@@H]2CCCO2)c1. The minimum Gasteiger partial charge on any atom is -0.376 e. The number of amides is 3. The van der Waals surface area contributed by atoms with Crippen LogP contribution in [0.5, 0.6) is 0 Å². The summed E-state index contributed by atoms with van der Waals surface area (Å²) in [5.41, 5.74) is 3.12. The van der Waals surface area contributed by atoms with Gasteiger partial charge in [0.05, 0.1) is 11.7 Å². The number of urea groups is 1. The highest BCUT2D eigenvalue weighted by Crippen LogP contribution is 2.27. The summed E-state index contributed by atoms with van der Waals surface area (Å²) >= 11 is 0. The van der Waals surface area contributed by atoms with E-state index in [-0.39, 0.29) is 18.0 Å². The first-order chi connectivity index (χ1) is 15.2. The molecule has 7 heteroatoms. The van der Waals surface area contributed by atoms with Crippen molar-refractivity contribution in [2.45, 2.75) is 38.3 Å². The number of anilines is 2. The van der Waals surface area contributed by atoms with Gasteiger partial charge in [-0.3, -0.25) is 4.79 Å². The summed E-state index contributed by atoms with van der Waals surface area (Å²) in [6.07, 6.45) is 4.35. The second-order valence-corrected chi connectivity index (χ2v) is 8.06. The number of hydrogen-bond donors (Lipinski definition) is 3. The zero-order valence-corrected chi connectivity index (χ0v) is 17.7. The number of carbonyl (C=O) groups excluding carboxylic acids is 2. The summed E-state index contributed by atoms with van der Waals surface area (Å²) in [7, 11) is 0. The van der Waals surface area contributed by atoms with Crippen LogP contribution < -0.4 is 20.9 Å². The molecule has 2 aromatic carbocycles. The highest BCUT2D eigenvalue weighted by atomic mass is 16.5. The van der Waals surface area contributed by atoms with Crippen LogP contribution in [0, 0.1) is 0 Å². The lowest BCUT2D eigenvalue weighted by atomic mass is 10.1. The Bertz CT molecular complexity index is 891. The van der Waals surface area contributed by atoms with E-state index in [1.165, 1.54) is 0 Å². The molecule has 2 aromatic rings. The topological polar surface area (TPSA) is 82.7 Å². The summed E-state index contributed by atoms with van der Waals surface area (Å²) in [6, 6.07) is 15.0. The summed E-state index contributed by atoms with van der Waals surface area (Å²) in [4.78, 5) is 27.6. The third-order valence-corrected chi connectivity index (χ3v) is 5.76. The van der Waals surface area contributed by atoms with Gasteiger partial charge in [0.15, 0.2) is 0 Å². The molecule has 2 saturated heterocycles. The molecular formula is C24H30N4O3. The van der Waals surface area contributed by atoms with Crippen LogP contribution in [0.1, 0.15) is 41.6 Å². The van der Waals surface area contributed by atoms with Gasteiger partial charge in [0, 0.05) is 44.2 Å². The Morgan fingerprint density at radius 3 is 2.55 bits per heavy atom. The molecule has 0 bridgehead atoms. The van der Waals surface area contributed by atoms with E-state index in [0.717, 1.165) is 56.6 Å². The van der Waals surface area contributed by atoms with E-state index < -0.39 is 0 Å². The van der Waals surface area contributed by atoms with Crippen LogP contribution in [-0.4, -0.2) is 44.3 Å². The summed E-state index contributed by atoms with van der Waals surface area (Å²) in [5, 5.41) is 8.71. The molecule has 1 atom stereocenters. The Morgan fingerprint density at radius 2 is 1.81 bits per heavy atom. The Hall–Kier alpha value is -3.06. The van der Waals surface area contributed by atoms with Crippen LogP contribution in [0.2, 0.25) is 0 Å². The fourth-order valence-corrected chi connectivity index (χ4v) is 4.09. The van der Waals surface area contributed by atoms with Gasteiger partial charge in [0.1, 0.15) is 0 Å². The maximum absolute atomic E-state index is 13.0. The van der Waals surface area contributed by atoms with E-state index in [4.69, 9.17) is 4.74 Å². The fraction of sp³-hybridized carbons (Fsp3) is 0.417. The quantitative estimate of drug-likeness (QED) is 0.638. The lowest BCUT2D eigenvalue weighted by Crippen LogP contribution is -2.33. The number of rotatable bonds is 7. The number of carbonyl (C=O) groups is 2. The minimum absolute atomic E-state index is 0.0873. The molecule has 164 valence electrons. The third-order valence-electron chi connectivity index (χ3n) is 5.76. The van der Waals surface area contributed by atoms with Crippen molar-refractivity contribution in [3.63, 3.8) is 0 Å². The highest BCUT2D eigenvalue weighted by Gasteiger charge is 2.22. The summed E-state index contributed by atoms with van der Waals surface area (Å²) in [6.45, 7) is 3.59. The van der Waals surface area contributed by atoms with Gasteiger partial charge in [0.2, 0.25) is 0 Å². The molecule has 2 aliphatic rings. The maximum atomic E-state index is 13.0. The first-order valence-electron chi connectivity index (χ1n) is 11.1. The standard InChI is InChI=1S/C24H30N4O3/c29-23(25-17-20-9-6-14-31-20)21-15-19(10-11-22(21)28-12-4-5-13-28)27-24(30)26-16-18-7-2-1-3-8-18/h1-3,7-8,10-11,15,20H,4-6,9,12-14,16-17H2,(H,25,29)(H2,26,27,30)/t20-/m0/s1. The van der Waals surface area contributed by atoms with Gasteiger partial charge in [-0.1, -0.05) is 30.3 Å². The molecule has 0 aliphatic carbocycles. The first kappa shape index (κ1) is 21.2. The van der Waals surface area contributed by atoms with Crippen LogP contribution in [0.4, 0.5) is 16.2 Å². The fourth-order valence-electron chi connectivity index (χ4n) is 4.09. The summed E-state index contributed by atoms with van der Waals surface area (Å²) < 4.78 is 5.62. The molecule has 0 aromatic heterocycles. The number of nitrogens with zero attached hydrogens (tertiary/aromatic N) is 1. The van der Waals surface area contributed by atoms with Crippen molar-refractivity contribution in [1.82, 2.24) is 10.6 Å². The van der Waals surface area contributed by atoms with Gasteiger partial charge in [0.25, 0.3) is 5.91 Å². The van der Waals surface area contributed by atoms with Crippen LogP contribution >= 0.6 is 0 Å². The van der Waals surface area contributed by atoms with E-state index in [0.29, 0.717) is 24.3 Å². The number of hydrogen-bond acceptors (Lipinski definition) is 4. The molecule has 31 heavy (non-hydrogen) atoms. The Balaban J connectivity index is 1.43. The van der Waals surface area contributed by atoms with Gasteiger partial charge in [-0.25, -0.2) is 4.79 Å². The van der Waals surface area contributed by atoms with E-state index in [2.05, 4.69) is 20.9 Å². The molecule has 3 amide bonds. The summed E-state index contributed by atoms with van der Waals surface area (Å²) in [5.74, 6) is -0.134. The molecule has 0 unspecified atom stereocenters. The smallest absolute Gasteiger partial charge is 0.319 e. The monoisotopic (exact) mass is 422 g/mol. The van der Waals surface area contributed by atoms with Gasteiger partial charge in [-0.2, -0.15) is 0 Å². The lowest BCUT2D eigenvalue weighted by Gasteiger charge is -2.22. The largest absolute Gasteiger partial charge is 0.376 e. The molecule has 3 N–H and O–H groups in total. The van der Waals surface area contributed by atoms with E-state index in [1.54, 1.807) is 6.07 Å². The number of benzene rings is 2. The number of nitrogens with one attached hydrogen (secondary N) is 3. The average molecular weight is 423 g/mol. The van der Waals surface area contributed by atoms with Gasteiger partial charge >= 0.3 is 6.03 Å². The Kier molecular flexibility index (Phi) is 7.04. The average Bonchev–Trinajstić information content (AvgIpc) is 3.51. The molecule has 7 nitrogen and oxygen atoms in total. The molecule has 2 fully saturated rings. The minimum atomic E-state index is -0.302. The second-order valence-electron chi connectivity index (χ2n) is 8.06. The van der Waals surface area contributed by atoms with Gasteiger partial charge in [-0.05, 0) is 49.4 Å². The normalized spacial score (nSPS) is 18.1. The number of ether oxygens (including phenoxy) is 1. The van der Waals surface area contributed by atoms with Crippen molar-refractivity contribution < 1.29 is 14.3 Å². The van der Waals surface area contributed by atoms with Crippen molar-refractivity contribution in [1.29, 1.82) is 0 Å². The van der Waals surface area contributed by atoms with Crippen molar-refractivity contribution in [3.8, 4) is 0 Å². The zero-order valence-electron chi connectivity index (χ0n) is 17.7. The third kappa shape index (κ3) is 5.76. The van der Waals surface area contributed by atoms with Crippen LogP contribution in [0.15, 0.2) is 48.5 Å². The lowest BCUT2D eigenvalue weighted by molar-refractivity contribution is 0.0858. The molecule has 2 heterocycles. The Labute approximate surface area is 183 Å². The van der Waals surface area contributed by atoms with Gasteiger partial charge in [-0.15, -0.1) is 0 Å². The second kappa shape index (κ2) is 10.3. The molecular weight excluding hydrogens is 392 g/mol. The van der Waals surface area contributed by atoms with E-state index in [1.807, 2.05) is 42.5 Å². The predicted molar refractivity (Wildman–Crippen MR) is 121 cm³/mol. The zero-order chi connectivity index (χ0) is 21.5.